The predicted octanol–water partition coefficient (Wildman–Crippen LogP) is 5.20. The lowest BCUT2D eigenvalue weighted by molar-refractivity contribution is 0.0434. The van der Waals surface area contributed by atoms with Crippen molar-refractivity contribution in [3.05, 3.63) is 54.6 Å². The third-order valence-corrected chi connectivity index (χ3v) is 9.01. The molecule has 1 aromatic carbocycles. The molecule has 212 valence electrons. The predicted molar refractivity (Wildman–Crippen MR) is 156 cm³/mol. The molecule has 5 heterocycles. The van der Waals surface area contributed by atoms with Gasteiger partial charge in [0.25, 0.3) is 0 Å². The molecule has 41 heavy (non-hydrogen) atoms. The number of piperidine rings is 1. The van der Waals surface area contributed by atoms with Crippen LogP contribution in [0.15, 0.2) is 58.8 Å². The topological polar surface area (TPSA) is 118 Å². The van der Waals surface area contributed by atoms with Gasteiger partial charge in [0.15, 0.2) is 5.65 Å². The molecule has 0 saturated carbocycles. The zero-order chi connectivity index (χ0) is 28.8. The van der Waals surface area contributed by atoms with E-state index in [1.54, 1.807) is 30.2 Å². The van der Waals surface area contributed by atoms with E-state index in [4.69, 9.17) is 14.5 Å². The van der Waals surface area contributed by atoms with Crippen LogP contribution in [0.2, 0.25) is 0 Å². The summed E-state index contributed by atoms with van der Waals surface area (Å²) < 4.78 is 13.6. The summed E-state index contributed by atoms with van der Waals surface area (Å²) >= 11 is 1.57. The molecule has 2 saturated heterocycles. The van der Waals surface area contributed by atoms with Crippen molar-refractivity contribution < 1.29 is 14.3 Å². The first-order valence-corrected chi connectivity index (χ1v) is 14.6. The van der Waals surface area contributed by atoms with Gasteiger partial charge in [-0.25, -0.2) is 14.8 Å². The summed E-state index contributed by atoms with van der Waals surface area (Å²) in [5.41, 5.74) is 1.36. The number of benzene rings is 1. The fourth-order valence-electron chi connectivity index (χ4n) is 5.93. The minimum Gasteiger partial charge on any atom is -0.444 e. The van der Waals surface area contributed by atoms with Crippen LogP contribution in [-0.2, 0) is 9.47 Å². The van der Waals surface area contributed by atoms with Crippen molar-refractivity contribution in [1.29, 1.82) is 5.26 Å². The normalized spacial score (nSPS) is 20.4. The summed E-state index contributed by atoms with van der Waals surface area (Å²) in [4.78, 5) is 30.8. The van der Waals surface area contributed by atoms with Crippen molar-refractivity contribution in [3.63, 3.8) is 0 Å². The van der Waals surface area contributed by atoms with Gasteiger partial charge in [0, 0.05) is 53.6 Å². The number of nitrogens with zero attached hydrogens (tertiary/aromatic N) is 6. The van der Waals surface area contributed by atoms with Crippen LogP contribution < -0.4 is 10.2 Å². The highest BCUT2D eigenvalue weighted by atomic mass is 32.2. The highest BCUT2D eigenvalue weighted by Crippen LogP contribution is 2.43. The number of ether oxygens (including phenoxy) is 2. The maximum atomic E-state index is 12.6. The molecule has 2 aliphatic rings. The number of amides is 1. The van der Waals surface area contributed by atoms with E-state index < -0.39 is 11.7 Å². The second-order valence-corrected chi connectivity index (χ2v) is 12.8. The van der Waals surface area contributed by atoms with E-state index in [2.05, 4.69) is 26.3 Å². The third kappa shape index (κ3) is 5.18. The lowest BCUT2D eigenvalue weighted by Gasteiger charge is -2.43. The average molecular weight is 572 g/mol. The van der Waals surface area contributed by atoms with E-state index in [0.717, 1.165) is 52.7 Å². The van der Waals surface area contributed by atoms with E-state index in [9.17, 15) is 10.1 Å². The first-order chi connectivity index (χ1) is 19.7. The van der Waals surface area contributed by atoms with Crippen molar-refractivity contribution in [2.45, 2.75) is 68.1 Å². The first kappa shape index (κ1) is 27.3. The van der Waals surface area contributed by atoms with Gasteiger partial charge in [0.2, 0.25) is 5.95 Å². The van der Waals surface area contributed by atoms with Crippen molar-refractivity contribution in [2.24, 2.45) is 5.41 Å². The zero-order valence-electron chi connectivity index (χ0n) is 23.6. The highest BCUT2D eigenvalue weighted by Gasteiger charge is 2.50. The number of hydrogen-bond acceptors (Lipinski definition) is 9. The number of nitrogens with one attached hydrogen (secondary N) is 1. The molecule has 0 aliphatic carbocycles. The molecule has 0 unspecified atom stereocenters. The van der Waals surface area contributed by atoms with E-state index in [-0.39, 0.29) is 17.6 Å². The molecule has 0 bridgehead atoms. The Labute approximate surface area is 243 Å². The molecule has 2 fully saturated rings. The van der Waals surface area contributed by atoms with E-state index in [1.165, 1.54) is 0 Å². The van der Waals surface area contributed by atoms with Gasteiger partial charge in [0.1, 0.15) is 11.7 Å². The Balaban J connectivity index is 1.22. The summed E-state index contributed by atoms with van der Waals surface area (Å²) in [6.07, 6.45) is 8.57. The second-order valence-electron chi connectivity index (χ2n) is 11.8. The van der Waals surface area contributed by atoms with E-state index >= 15 is 0 Å². The maximum Gasteiger partial charge on any atom is 0.407 e. The summed E-state index contributed by atoms with van der Waals surface area (Å²) in [7, 11) is 0. The molecular formula is C30H33N7O3S. The van der Waals surface area contributed by atoms with Crippen LogP contribution in [0, 0.1) is 16.7 Å². The number of fused-ring (bicyclic) bond motifs is 2. The number of para-hydroxylation sites is 1. The number of carbonyl (C=O) groups excluding carboxylic acids is 1. The quantitative estimate of drug-likeness (QED) is 0.353. The van der Waals surface area contributed by atoms with Crippen LogP contribution in [0.3, 0.4) is 0 Å². The minimum absolute atomic E-state index is 0.0858. The Kier molecular flexibility index (Phi) is 6.99. The standard InChI is InChI=1S/C30H33N7O3S/c1-19-25(35-28(38)40-29(2,3)4)30(18-39-19)9-13-36(14-10-30)27-34-17-23(26-33-12-15-37(26)27)41-22-8-11-32-24-20(16-31)6-5-7-21(22)24/h5-8,11-12,15,17,19,25H,9-10,13-14,18H2,1-4H3,(H,35,38)/t19-,25+/m0/s1. The van der Waals surface area contributed by atoms with E-state index in [0.29, 0.717) is 17.7 Å². The number of imidazole rings is 1. The van der Waals surface area contributed by atoms with Crippen molar-refractivity contribution in [2.75, 3.05) is 24.6 Å². The van der Waals surface area contributed by atoms with Gasteiger partial charge in [-0.05, 0) is 52.7 Å². The van der Waals surface area contributed by atoms with E-state index in [1.807, 2.05) is 62.7 Å². The second kappa shape index (κ2) is 10.5. The summed E-state index contributed by atoms with van der Waals surface area (Å²) in [5.74, 6) is 0.840. The molecule has 10 nitrogen and oxygen atoms in total. The molecule has 11 heteroatoms. The number of rotatable bonds is 4. The lowest BCUT2D eigenvalue weighted by atomic mass is 9.73. The fraction of sp³-hybridized carbons (Fsp3) is 0.433. The van der Waals surface area contributed by atoms with Gasteiger partial charge in [-0.15, -0.1) is 0 Å². The van der Waals surface area contributed by atoms with Gasteiger partial charge >= 0.3 is 6.09 Å². The smallest absolute Gasteiger partial charge is 0.407 e. The van der Waals surface area contributed by atoms with Crippen LogP contribution >= 0.6 is 11.8 Å². The maximum absolute atomic E-state index is 12.6. The Morgan fingerprint density at radius 2 is 1.98 bits per heavy atom. The van der Waals surface area contributed by atoms with Crippen molar-refractivity contribution >= 4 is 40.4 Å². The lowest BCUT2D eigenvalue weighted by Crippen LogP contribution is -2.55. The van der Waals surface area contributed by atoms with Gasteiger partial charge in [-0.3, -0.25) is 9.38 Å². The molecular weight excluding hydrogens is 538 g/mol. The molecule has 1 amide bonds. The molecule has 1 spiro atoms. The van der Waals surface area contributed by atoms with Crippen molar-refractivity contribution in [3.8, 4) is 6.07 Å². The number of pyridine rings is 1. The van der Waals surface area contributed by atoms with Gasteiger partial charge in [-0.2, -0.15) is 5.26 Å². The van der Waals surface area contributed by atoms with Crippen molar-refractivity contribution in [1.82, 2.24) is 24.7 Å². The summed E-state index contributed by atoms with van der Waals surface area (Å²) in [5, 5.41) is 13.5. The molecule has 2 aliphatic heterocycles. The van der Waals surface area contributed by atoms with Crippen LogP contribution in [0.5, 0.6) is 0 Å². The van der Waals surface area contributed by atoms with Crippen LogP contribution in [0.4, 0.5) is 10.7 Å². The summed E-state index contributed by atoms with van der Waals surface area (Å²) in [6.45, 7) is 9.79. The monoisotopic (exact) mass is 571 g/mol. The largest absolute Gasteiger partial charge is 0.444 e. The average Bonchev–Trinajstić information content (AvgIpc) is 3.55. The number of anilines is 1. The Hall–Kier alpha value is -3.88. The number of nitriles is 1. The van der Waals surface area contributed by atoms with Crippen LogP contribution in [-0.4, -0.2) is 62.9 Å². The van der Waals surface area contributed by atoms with Crippen LogP contribution in [0.1, 0.15) is 46.1 Å². The minimum atomic E-state index is -0.556. The third-order valence-electron chi connectivity index (χ3n) is 7.92. The fourth-order valence-corrected chi connectivity index (χ4v) is 6.92. The number of hydrogen-bond donors (Lipinski definition) is 1. The summed E-state index contributed by atoms with van der Waals surface area (Å²) in [6, 6.07) is 9.72. The van der Waals surface area contributed by atoms with Crippen LogP contribution in [0.25, 0.3) is 16.6 Å². The molecule has 1 N–H and O–H groups in total. The molecule has 3 aromatic heterocycles. The van der Waals surface area contributed by atoms with Gasteiger partial charge in [-0.1, -0.05) is 23.9 Å². The highest BCUT2D eigenvalue weighted by molar-refractivity contribution is 7.99. The van der Waals surface area contributed by atoms with Gasteiger partial charge in [0.05, 0.1) is 34.7 Å². The SMILES string of the molecule is C[C@@H]1OCC2(CCN(c3ncc(Sc4ccnc5c(C#N)cccc45)c4nccn34)CC2)[C@@H]1NC(=O)OC(C)(C)C. The number of aromatic nitrogens is 4. The molecule has 0 radical (unpaired) electrons. The number of carbonyl (C=O) groups is 1. The Bertz CT molecular complexity index is 1650. The Morgan fingerprint density at radius 1 is 1.17 bits per heavy atom. The molecule has 4 aromatic rings. The first-order valence-electron chi connectivity index (χ1n) is 13.8. The van der Waals surface area contributed by atoms with Gasteiger partial charge < -0.3 is 19.7 Å². The molecule has 2 atom stereocenters. The molecule has 6 rings (SSSR count). The Morgan fingerprint density at radius 3 is 2.73 bits per heavy atom. The number of alkyl carbamates (subject to hydrolysis) is 1. The zero-order valence-corrected chi connectivity index (χ0v) is 24.4.